The fraction of sp³-hybridized carbons (Fsp3) is 0.652. The van der Waals surface area contributed by atoms with E-state index < -0.39 is 0 Å². The van der Waals surface area contributed by atoms with Gasteiger partial charge in [0.1, 0.15) is 12.4 Å². The third kappa shape index (κ3) is 6.19. The molecular weight excluding hydrogens is 382 g/mol. The van der Waals surface area contributed by atoms with Crippen LogP contribution in [0.1, 0.15) is 31.2 Å². The van der Waals surface area contributed by atoms with E-state index in [0.717, 1.165) is 44.0 Å². The topological polar surface area (TPSA) is 82.1 Å². The third-order valence-corrected chi connectivity index (χ3v) is 6.45. The summed E-state index contributed by atoms with van der Waals surface area (Å²) >= 11 is 0. The summed E-state index contributed by atoms with van der Waals surface area (Å²) in [4.78, 5) is 29.0. The molecule has 164 valence electrons. The molecule has 0 radical (unpaired) electrons. The van der Waals surface area contributed by atoms with Crippen molar-refractivity contribution in [3.8, 4) is 5.75 Å². The number of morpholine rings is 1. The lowest BCUT2D eigenvalue weighted by atomic mass is 9.95. The maximum absolute atomic E-state index is 12.3. The number of phenols is 1. The standard InChI is InChI=1S/C23H33N3O4/c27-20-5-3-17(4-6-20)11-22(28)24-12-21-15-26(23(29)16-30-21)14-19-7-9-25(10-8-19)13-18-1-2-18/h3-6,18-19,21,27H,1-2,7-16H2,(H,24,28)/t21-/m0/s1. The second-order valence-electron chi connectivity index (χ2n) is 9.07. The number of hydrogen-bond acceptors (Lipinski definition) is 5. The van der Waals surface area contributed by atoms with Crippen LogP contribution < -0.4 is 5.32 Å². The zero-order valence-electron chi connectivity index (χ0n) is 17.6. The number of amides is 2. The highest BCUT2D eigenvalue weighted by Crippen LogP contribution is 2.31. The van der Waals surface area contributed by atoms with Gasteiger partial charge in [-0.05, 0) is 68.3 Å². The van der Waals surface area contributed by atoms with Crippen molar-refractivity contribution in [1.82, 2.24) is 15.1 Å². The van der Waals surface area contributed by atoms with Crippen LogP contribution in [0, 0.1) is 11.8 Å². The predicted molar refractivity (Wildman–Crippen MR) is 113 cm³/mol. The Labute approximate surface area is 178 Å². The molecular formula is C23H33N3O4. The van der Waals surface area contributed by atoms with Gasteiger partial charge < -0.3 is 25.0 Å². The molecule has 2 N–H and O–H groups in total. The molecule has 30 heavy (non-hydrogen) atoms. The van der Waals surface area contributed by atoms with E-state index in [1.807, 2.05) is 4.90 Å². The molecule has 1 saturated carbocycles. The highest BCUT2D eigenvalue weighted by Gasteiger charge is 2.31. The predicted octanol–water partition coefficient (Wildman–Crippen LogP) is 1.40. The normalized spacial score (nSPS) is 23.5. The van der Waals surface area contributed by atoms with Crippen molar-refractivity contribution in [3.05, 3.63) is 29.8 Å². The van der Waals surface area contributed by atoms with E-state index in [2.05, 4.69) is 10.2 Å². The molecule has 3 aliphatic rings. The molecule has 2 saturated heterocycles. The van der Waals surface area contributed by atoms with Gasteiger partial charge >= 0.3 is 0 Å². The number of carbonyl (C=O) groups is 2. The monoisotopic (exact) mass is 415 g/mol. The second-order valence-corrected chi connectivity index (χ2v) is 9.07. The number of nitrogens with one attached hydrogen (secondary N) is 1. The molecule has 7 nitrogen and oxygen atoms in total. The van der Waals surface area contributed by atoms with E-state index in [0.29, 0.717) is 19.0 Å². The second kappa shape index (κ2) is 9.79. The maximum atomic E-state index is 12.3. The number of hydrogen-bond donors (Lipinski definition) is 2. The minimum absolute atomic E-state index is 0.0575. The first-order valence-electron chi connectivity index (χ1n) is 11.2. The quantitative estimate of drug-likeness (QED) is 0.671. The summed E-state index contributed by atoms with van der Waals surface area (Å²) in [5.41, 5.74) is 0.847. The molecule has 0 unspecified atom stereocenters. The summed E-state index contributed by atoms with van der Waals surface area (Å²) in [6.07, 6.45) is 5.21. The average Bonchev–Trinajstić information content (AvgIpc) is 3.56. The lowest BCUT2D eigenvalue weighted by molar-refractivity contribution is -0.150. The van der Waals surface area contributed by atoms with Gasteiger partial charge in [0, 0.05) is 26.2 Å². The lowest BCUT2D eigenvalue weighted by Crippen LogP contribution is -2.52. The Morgan fingerprint density at radius 2 is 1.77 bits per heavy atom. The Balaban J connectivity index is 1.18. The van der Waals surface area contributed by atoms with E-state index in [1.54, 1.807) is 24.3 Å². The fourth-order valence-corrected chi connectivity index (χ4v) is 4.40. The van der Waals surface area contributed by atoms with Crippen LogP contribution in [0.3, 0.4) is 0 Å². The number of benzene rings is 1. The molecule has 2 aliphatic heterocycles. The Kier molecular flexibility index (Phi) is 6.89. The highest BCUT2D eigenvalue weighted by atomic mass is 16.5. The minimum atomic E-state index is -0.165. The van der Waals surface area contributed by atoms with Crippen molar-refractivity contribution in [2.24, 2.45) is 11.8 Å². The molecule has 2 heterocycles. The molecule has 1 aromatic carbocycles. The van der Waals surface area contributed by atoms with E-state index in [1.165, 1.54) is 19.4 Å². The molecule has 3 fully saturated rings. The fourth-order valence-electron chi connectivity index (χ4n) is 4.40. The van der Waals surface area contributed by atoms with Crippen molar-refractivity contribution < 1.29 is 19.4 Å². The van der Waals surface area contributed by atoms with E-state index >= 15 is 0 Å². The van der Waals surface area contributed by atoms with Crippen molar-refractivity contribution in [2.75, 3.05) is 45.9 Å². The summed E-state index contributed by atoms with van der Waals surface area (Å²) < 4.78 is 5.65. The van der Waals surface area contributed by atoms with Crippen molar-refractivity contribution >= 4 is 11.8 Å². The van der Waals surface area contributed by atoms with Crippen LogP contribution >= 0.6 is 0 Å². The summed E-state index contributed by atoms with van der Waals surface area (Å²) in [5, 5.41) is 12.2. The Morgan fingerprint density at radius 1 is 1.07 bits per heavy atom. The van der Waals surface area contributed by atoms with Gasteiger partial charge in [0.2, 0.25) is 11.8 Å². The minimum Gasteiger partial charge on any atom is -0.508 e. The zero-order chi connectivity index (χ0) is 20.9. The molecule has 2 amide bonds. The van der Waals surface area contributed by atoms with Gasteiger partial charge in [-0.25, -0.2) is 0 Å². The molecule has 1 aliphatic carbocycles. The first-order chi connectivity index (χ1) is 14.5. The van der Waals surface area contributed by atoms with Crippen LogP contribution in [0.4, 0.5) is 0 Å². The highest BCUT2D eigenvalue weighted by molar-refractivity contribution is 5.79. The van der Waals surface area contributed by atoms with Gasteiger partial charge in [-0.3, -0.25) is 9.59 Å². The largest absolute Gasteiger partial charge is 0.508 e. The molecule has 0 aromatic heterocycles. The number of nitrogens with zero attached hydrogens (tertiary/aromatic N) is 2. The number of carbonyl (C=O) groups excluding carboxylic acids is 2. The summed E-state index contributed by atoms with van der Waals surface area (Å²) in [6, 6.07) is 6.63. The van der Waals surface area contributed by atoms with E-state index in [-0.39, 0.29) is 36.7 Å². The van der Waals surface area contributed by atoms with Gasteiger partial charge in [0.15, 0.2) is 0 Å². The average molecular weight is 416 g/mol. The van der Waals surface area contributed by atoms with Crippen LogP contribution in [0.5, 0.6) is 5.75 Å². The zero-order valence-corrected chi connectivity index (χ0v) is 17.6. The SMILES string of the molecule is O=C(Cc1ccc(O)cc1)NC[C@H]1CN(CC2CCN(CC3CC3)CC2)C(=O)CO1. The Hall–Kier alpha value is -2.12. The van der Waals surface area contributed by atoms with Crippen LogP contribution in [0.15, 0.2) is 24.3 Å². The van der Waals surface area contributed by atoms with Crippen molar-refractivity contribution in [3.63, 3.8) is 0 Å². The number of rotatable bonds is 8. The lowest BCUT2D eigenvalue weighted by Gasteiger charge is -2.38. The first-order valence-corrected chi connectivity index (χ1v) is 11.2. The smallest absolute Gasteiger partial charge is 0.248 e. The summed E-state index contributed by atoms with van der Waals surface area (Å²) in [7, 11) is 0. The Bertz CT molecular complexity index is 726. The van der Waals surface area contributed by atoms with Gasteiger partial charge in [0.25, 0.3) is 0 Å². The molecule has 4 rings (SSSR count). The van der Waals surface area contributed by atoms with Gasteiger partial charge in [0.05, 0.1) is 12.5 Å². The molecule has 0 spiro atoms. The van der Waals surface area contributed by atoms with Crippen LogP contribution in [0.25, 0.3) is 0 Å². The van der Waals surface area contributed by atoms with E-state index in [4.69, 9.17) is 4.74 Å². The van der Waals surface area contributed by atoms with Crippen LogP contribution in [-0.4, -0.2) is 78.7 Å². The van der Waals surface area contributed by atoms with Gasteiger partial charge in [-0.2, -0.15) is 0 Å². The van der Waals surface area contributed by atoms with E-state index in [9.17, 15) is 14.7 Å². The number of phenolic OH excluding ortho intramolecular Hbond substituents is 1. The van der Waals surface area contributed by atoms with Crippen LogP contribution in [-0.2, 0) is 20.7 Å². The number of aromatic hydroxyl groups is 1. The third-order valence-electron chi connectivity index (χ3n) is 6.45. The number of ether oxygens (including phenoxy) is 1. The summed E-state index contributed by atoms with van der Waals surface area (Å²) in [5.74, 6) is 1.66. The van der Waals surface area contributed by atoms with Crippen molar-refractivity contribution in [2.45, 2.75) is 38.2 Å². The molecule has 1 aromatic rings. The van der Waals surface area contributed by atoms with Gasteiger partial charge in [-0.15, -0.1) is 0 Å². The number of piperidine rings is 1. The molecule has 7 heteroatoms. The first kappa shape index (κ1) is 21.1. The molecule has 0 bridgehead atoms. The maximum Gasteiger partial charge on any atom is 0.248 e. The summed E-state index contributed by atoms with van der Waals surface area (Å²) in [6.45, 7) is 5.40. The molecule has 1 atom stereocenters. The Morgan fingerprint density at radius 3 is 2.47 bits per heavy atom. The van der Waals surface area contributed by atoms with Gasteiger partial charge in [-0.1, -0.05) is 12.1 Å². The number of likely N-dealkylation sites (tertiary alicyclic amines) is 1. The van der Waals surface area contributed by atoms with Crippen molar-refractivity contribution in [1.29, 1.82) is 0 Å². The van der Waals surface area contributed by atoms with Crippen LogP contribution in [0.2, 0.25) is 0 Å².